The number of aromatic nitrogens is 3. The highest BCUT2D eigenvalue weighted by molar-refractivity contribution is 5.97. The van der Waals surface area contributed by atoms with Gasteiger partial charge in [-0.3, -0.25) is 4.79 Å². The van der Waals surface area contributed by atoms with Gasteiger partial charge in [-0.15, -0.1) is 0 Å². The smallest absolute Gasteiger partial charge is 0.252 e. The van der Waals surface area contributed by atoms with Crippen LogP contribution < -0.4 is 11.1 Å². The van der Waals surface area contributed by atoms with Gasteiger partial charge < -0.3 is 16.0 Å². The molecule has 6 nitrogen and oxygen atoms in total. The molecule has 0 aromatic carbocycles. The van der Waals surface area contributed by atoms with Gasteiger partial charge in [-0.05, 0) is 12.1 Å². The number of carbonyl (C=O) groups excluding carboxylic acids is 1. The van der Waals surface area contributed by atoms with Crippen LogP contribution in [0.5, 0.6) is 0 Å². The van der Waals surface area contributed by atoms with Crippen molar-refractivity contribution >= 4 is 11.7 Å². The van der Waals surface area contributed by atoms with E-state index in [-0.39, 0.29) is 0 Å². The summed E-state index contributed by atoms with van der Waals surface area (Å²) in [4.78, 5) is 22.1. The van der Waals surface area contributed by atoms with Crippen molar-refractivity contribution in [2.75, 3.05) is 5.32 Å². The molecule has 0 atom stereocenters. The van der Waals surface area contributed by atoms with Crippen molar-refractivity contribution in [2.24, 2.45) is 5.73 Å². The summed E-state index contributed by atoms with van der Waals surface area (Å²) in [7, 11) is 0. The molecule has 0 bridgehead atoms. The molecule has 2 aromatic rings. The maximum atomic E-state index is 11.1. The standard InChI is InChI=1S/C10H11N5O/c11-9(16)7-2-1-3-14-10(7)15-6-8-12-4-5-13-8/h1-5H,6H2,(H2,11,16)(H,12,13)(H,14,15). The minimum atomic E-state index is -0.505. The van der Waals surface area contributed by atoms with Gasteiger partial charge in [-0.1, -0.05) is 0 Å². The summed E-state index contributed by atoms with van der Waals surface area (Å²) in [5.74, 6) is 0.725. The number of carbonyl (C=O) groups is 1. The Morgan fingerprint density at radius 2 is 2.31 bits per heavy atom. The summed E-state index contributed by atoms with van der Waals surface area (Å²) in [6.07, 6.45) is 4.98. The van der Waals surface area contributed by atoms with Gasteiger partial charge in [-0.25, -0.2) is 9.97 Å². The first-order valence-corrected chi connectivity index (χ1v) is 4.74. The van der Waals surface area contributed by atoms with Crippen LogP contribution in [-0.4, -0.2) is 20.9 Å². The van der Waals surface area contributed by atoms with E-state index < -0.39 is 5.91 Å². The molecule has 0 spiro atoms. The molecule has 16 heavy (non-hydrogen) atoms. The number of nitrogens with one attached hydrogen (secondary N) is 2. The third-order valence-corrected chi connectivity index (χ3v) is 2.05. The fourth-order valence-electron chi connectivity index (χ4n) is 1.31. The highest BCUT2D eigenvalue weighted by Gasteiger charge is 2.08. The zero-order chi connectivity index (χ0) is 11.4. The van der Waals surface area contributed by atoms with Crippen molar-refractivity contribution in [1.29, 1.82) is 0 Å². The number of rotatable bonds is 4. The Kier molecular flexibility index (Phi) is 2.81. The number of anilines is 1. The number of imidazole rings is 1. The number of primary amides is 1. The summed E-state index contributed by atoms with van der Waals surface area (Å²) in [5, 5.41) is 2.99. The lowest BCUT2D eigenvalue weighted by atomic mass is 10.2. The van der Waals surface area contributed by atoms with Gasteiger partial charge in [0.15, 0.2) is 0 Å². The molecule has 2 aromatic heterocycles. The molecule has 2 rings (SSSR count). The van der Waals surface area contributed by atoms with Crippen LogP contribution in [0.1, 0.15) is 16.2 Å². The van der Waals surface area contributed by atoms with Crippen molar-refractivity contribution in [3.05, 3.63) is 42.1 Å². The van der Waals surface area contributed by atoms with Gasteiger partial charge in [0.2, 0.25) is 0 Å². The second kappa shape index (κ2) is 4.43. The fourth-order valence-corrected chi connectivity index (χ4v) is 1.31. The van der Waals surface area contributed by atoms with E-state index in [2.05, 4.69) is 20.3 Å². The second-order valence-corrected chi connectivity index (χ2v) is 3.15. The Hall–Kier alpha value is -2.37. The number of amides is 1. The topological polar surface area (TPSA) is 96.7 Å². The monoisotopic (exact) mass is 217 g/mol. The first-order chi connectivity index (χ1) is 7.77. The normalized spacial score (nSPS) is 10.0. The number of nitrogens with two attached hydrogens (primary N) is 1. The van der Waals surface area contributed by atoms with Crippen molar-refractivity contribution in [1.82, 2.24) is 15.0 Å². The number of hydrogen-bond acceptors (Lipinski definition) is 4. The summed E-state index contributed by atoms with van der Waals surface area (Å²) in [6.45, 7) is 0.463. The van der Waals surface area contributed by atoms with Gasteiger partial charge in [0.25, 0.3) is 5.91 Å². The van der Waals surface area contributed by atoms with Crippen LogP contribution in [0.3, 0.4) is 0 Å². The molecule has 4 N–H and O–H groups in total. The summed E-state index contributed by atoms with van der Waals surface area (Å²) >= 11 is 0. The van der Waals surface area contributed by atoms with Gasteiger partial charge in [-0.2, -0.15) is 0 Å². The molecule has 0 radical (unpaired) electrons. The Bertz CT molecular complexity index is 480. The van der Waals surface area contributed by atoms with E-state index in [1.807, 2.05) is 0 Å². The van der Waals surface area contributed by atoms with Crippen molar-refractivity contribution in [3.8, 4) is 0 Å². The van der Waals surface area contributed by atoms with Gasteiger partial charge in [0, 0.05) is 18.6 Å². The first-order valence-electron chi connectivity index (χ1n) is 4.74. The van der Waals surface area contributed by atoms with Crippen LogP contribution >= 0.6 is 0 Å². The molecule has 0 saturated carbocycles. The molecule has 0 aliphatic carbocycles. The molecule has 1 amide bonds. The number of H-pyrrole nitrogens is 1. The quantitative estimate of drug-likeness (QED) is 0.695. The molecule has 82 valence electrons. The highest BCUT2D eigenvalue weighted by atomic mass is 16.1. The van der Waals surface area contributed by atoms with Crippen molar-refractivity contribution in [2.45, 2.75) is 6.54 Å². The Labute approximate surface area is 91.9 Å². The lowest BCUT2D eigenvalue weighted by Gasteiger charge is -2.06. The molecule has 0 unspecified atom stereocenters. The van der Waals surface area contributed by atoms with Crippen LogP contribution in [-0.2, 0) is 6.54 Å². The number of hydrogen-bond donors (Lipinski definition) is 3. The average Bonchev–Trinajstić information content (AvgIpc) is 2.79. The van der Waals surface area contributed by atoms with Crippen molar-refractivity contribution < 1.29 is 4.79 Å². The van der Waals surface area contributed by atoms with E-state index in [9.17, 15) is 4.79 Å². The van der Waals surface area contributed by atoms with Crippen LogP contribution in [0.2, 0.25) is 0 Å². The number of aromatic amines is 1. The minimum absolute atomic E-state index is 0.369. The lowest BCUT2D eigenvalue weighted by molar-refractivity contribution is 0.100. The molecule has 0 aliphatic rings. The third-order valence-electron chi connectivity index (χ3n) is 2.05. The van der Waals surface area contributed by atoms with Gasteiger partial charge in [0.05, 0.1) is 12.1 Å². The fraction of sp³-hybridized carbons (Fsp3) is 0.100. The predicted molar refractivity (Wildman–Crippen MR) is 58.7 cm³/mol. The highest BCUT2D eigenvalue weighted by Crippen LogP contribution is 2.10. The Morgan fingerprint density at radius 3 is 3.00 bits per heavy atom. The third kappa shape index (κ3) is 2.17. The molecule has 0 aliphatic heterocycles. The van der Waals surface area contributed by atoms with Crippen LogP contribution in [0.4, 0.5) is 5.82 Å². The molecular weight excluding hydrogens is 206 g/mol. The molecule has 0 fully saturated rings. The second-order valence-electron chi connectivity index (χ2n) is 3.15. The molecule has 6 heteroatoms. The largest absolute Gasteiger partial charge is 0.365 e. The van der Waals surface area contributed by atoms with E-state index in [1.165, 1.54) is 0 Å². The van der Waals surface area contributed by atoms with Gasteiger partial charge in [0.1, 0.15) is 11.6 Å². The Morgan fingerprint density at radius 1 is 1.44 bits per heavy atom. The zero-order valence-corrected chi connectivity index (χ0v) is 8.47. The minimum Gasteiger partial charge on any atom is -0.365 e. The maximum Gasteiger partial charge on any atom is 0.252 e. The van der Waals surface area contributed by atoms with E-state index in [1.54, 1.807) is 30.7 Å². The van der Waals surface area contributed by atoms with E-state index in [0.29, 0.717) is 17.9 Å². The summed E-state index contributed by atoms with van der Waals surface area (Å²) in [5.41, 5.74) is 5.59. The average molecular weight is 217 g/mol. The molecular formula is C10H11N5O. The number of nitrogens with zero attached hydrogens (tertiary/aromatic N) is 2. The summed E-state index contributed by atoms with van der Waals surface area (Å²) < 4.78 is 0. The predicted octanol–water partition coefficient (Wildman–Crippen LogP) is 0.516. The van der Waals surface area contributed by atoms with Crippen molar-refractivity contribution in [3.63, 3.8) is 0 Å². The van der Waals surface area contributed by atoms with E-state index in [4.69, 9.17) is 5.73 Å². The van der Waals surface area contributed by atoms with Crippen LogP contribution in [0.15, 0.2) is 30.7 Å². The van der Waals surface area contributed by atoms with Crippen LogP contribution in [0.25, 0.3) is 0 Å². The molecule has 2 heterocycles. The lowest BCUT2D eigenvalue weighted by Crippen LogP contribution is -2.15. The van der Waals surface area contributed by atoms with E-state index in [0.717, 1.165) is 5.82 Å². The van der Waals surface area contributed by atoms with Crippen LogP contribution in [0, 0.1) is 0 Å². The van der Waals surface area contributed by atoms with E-state index >= 15 is 0 Å². The Balaban J connectivity index is 2.12. The maximum absolute atomic E-state index is 11.1. The SMILES string of the molecule is NC(=O)c1cccnc1NCc1ncc[nH]1. The van der Waals surface area contributed by atoms with Gasteiger partial charge >= 0.3 is 0 Å². The first kappa shape index (κ1) is 10.2. The number of pyridine rings is 1. The molecule has 0 saturated heterocycles. The summed E-state index contributed by atoms with van der Waals surface area (Å²) in [6, 6.07) is 3.29. The zero-order valence-electron chi connectivity index (χ0n) is 8.47.